The van der Waals surface area contributed by atoms with Crippen LogP contribution >= 0.6 is 11.6 Å². The molecule has 6 heteroatoms. The molecule has 0 saturated carbocycles. The van der Waals surface area contributed by atoms with Gasteiger partial charge in [0.15, 0.2) is 0 Å². The lowest BCUT2D eigenvalue weighted by molar-refractivity contribution is -0.146. The van der Waals surface area contributed by atoms with Crippen LogP contribution in [0.4, 0.5) is 0 Å². The number of hydrogen-bond donors (Lipinski definition) is 1. The Morgan fingerprint density at radius 1 is 1.03 bits per heavy atom. The van der Waals surface area contributed by atoms with E-state index in [9.17, 15) is 14.7 Å². The van der Waals surface area contributed by atoms with Crippen molar-refractivity contribution in [3.63, 3.8) is 0 Å². The monoisotopic (exact) mass is 516 g/mol. The van der Waals surface area contributed by atoms with Gasteiger partial charge in [-0.3, -0.25) is 9.59 Å². The van der Waals surface area contributed by atoms with Crippen LogP contribution in [0.15, 0.2) is 71.8 Å². The van der Waals surface area contributed by atoms with Gasteiger partial charge in [0.05, 0.1) is 0 Å². The molecule has 0 aliphatic heterocycles. The molecule has 0 amide bonds. The molecule has 1 aromatic rings. The molecular weight excluding hydrogens is 476 g/mol. The molecule has 0 aliphatic carbocycles. The quantitative estimate of drug-likeness (QED) is 0.181. The van der Waals surface area contributed by atoms with Crippen LogP contribution in [0.5, 0.6) is 5.75 Å². The molecule has 5 nitrogen and oxygen atoms in total. The van der Waals surface area contributed by atoms with Crippen LogP contribution in [0.3, 0.4) is 0 Å². The van der Waals surface area contributed by atoms with E-state index in [1.807, 2.05) is 25.1 Å². The van der Waals surface area contributed by atoms with E-state index in [1.165, 1.54) is 19.4 Å². The second-order valence-corrected chi connectivity index (χ2v) is 9.38. The first kappa shape index (κ1) is 31.2. The maximum absolute atomic E-state index is 11.5. The Morgan fingerprint density at radius 3 is 2.28 bits per heavy atom. The summed E-state index contributed by atoms with van der Waals surface area (Å²) in [5.41, 5.74) is 4.89. The van der Waals surface area contributed by atoms with E-state index < -0.39 is 0 Å². The SMILES string of the molecule is C=CCC(OC(C)=O)C(C)=CC(C)CCC(=CCl)CCC=CCC(Cc1ccc(O)cc1)OC(C)=O. The number of benzene rings is 1. The third kappa shape index (κ3) is 13.9. The summed E-state index contributed by atoms with van der Waals surface area (Å²) in [4.78, 5) is 22.8. The molecule has 198 valence electrons. The molecule has 0 spiro atoms. The van der Waals surface area contributed by atoms with Crippen molar-refractivity contribution < 1.29 is 24.2 Å². The van der Waals surface area contributed by atoms with Crippen LogP contribution in [0, 0.1) is 5.92 Å². The molecule has 1 aromatic carbocycles. The van der Waals surface area contributed by atoms with E-state index in [0.717, 1.165) is 36.8 Å². The first-order chi connectivity index (χ1) is 17.1. The number of carbonyl (C=O) groups excluding carboxylic acids is 2. The molecular formula is C30H41ClO5. The summed E-state index contributed by atoms with van der Waals surface area (Å²) in [7, 11) is 0. The Hall–Kier alpha value is -2.79. The highest BCUT2D eigenvalue weighted by molar-refractivity contribution is 6.25. The predicted octanol–water partition coefficient (Wildman–Crippen LogP) is 7.59. The Balaban J connectivity index is 2.52. The van der Waals surface area contributed by atoms with Gasteiger partial charge >= 0.3 is 11.9 Å². The summed E-state index contributed by atoms with van der Waals surface area (Å²) in [5, 5.41) is 9.45. The number of allylic oxidation sites excluding steroid dienone is 3. The van der Waals surface area contributed by atoms with Crippen LogP contribution in [0.25, 0.3) is 0 Å². The number of esters is 2. The fourth-order valence-corrected chi connectivity index (χ4v) is 4.12. The summed E-state index contributed by atoms with van der Waals surface area (Å²) in [6.07, 6.45) is 12.9. The van der Waals surface area contributed by atoms with E-state index in [4.69, 9.17) is 21.1 Å². The highest BCUT2D eigenvalue weighted by atomic mass is 35.5. The van der Waals surface area contributed by atoms with Crippen LogP contribution in [0.1, 0.15) is 71.8 Å². The molecule has 0 aliphatic rings. The molecule has 0 radical (unpaired) electrons. The minimum atomic E-state index is -0.304. The largest absolute Gasteiger partial charge is 0.508 e. The number of aromatic hydroxyl groups is 1. The maximum Gasteiger partial charge on any atom is 0.303 e. The lowest BCUT2D eigenvalue weighted by Gasteiger charge is -2.18. The summed E-state index contributed by atoms with van der Waals surface area (Å²) in [6, 6.07) is 6.93. The molecule has 1 N–H and O–H groups in total. The second-order valence-electron chi connectivity index (χ2n) is 9.16. The van der Waals surface area contributed by atoms with Crippen molar-refractivity contribution in [1.29, 1.82) is 0 Å². The summed E-state index contributed by atoms with van der Waals surface area (Å²) < 4.78 is 10.9. The number of halogens is 1. The number of hydrogen-bond acceptors (Lipinski definition) is 5. The molecule has 1 rings (SSSR count). The van der Waals surface area contributed by atoms with E-state index in [2.05, 4.69) is 25.7 Å². The predicted molar refractivity (Wildman–Crippen MR) is 147 cm³/mol. The molecule has 0 bridgehead atoms. The van der Waals surface area contributed by atoms with Crippen molar-refractivity contribution in [2.24, 2.45) is 5.92 Å². The van der Waals surface area contributed by atoms with Gasteiger partial charge in [-0.15, -0.1) is 6.58 Å². The minimum Gasteiger partial charge on any atom is -0.508 e. The van der Waals surface area contributed by atoms with Crippen LogP contribution in [0.2, 0.25) is 0 Å². The standard InChI is InChI=1S/C30H41ClO5/c1-6-10-30(36-25(5)33)23(3)19-22(2)13-14-27(21-31)11-8-7-9-12-29(35-24(4)32)20-26-15-17-28(34)18-16-26/h6-7,9,15-19,21-22,29-30,34H,1,8,10-14,20H2,2-5H3. The highest BCUT2D eigenvalue weighted by Crippen LogP contribution is 2.22. The first-order valence-corrected chi connectivity index (χ1v) is 12.9. The minimum absolute atomic E-state index is 0.213. The van der Waals surface area contributed by atoms with Crippen molar-refractivity contribution in [1.82, 2.24) is 0 Å². The van der Waals surface area contributed by atoms with Crippen LogP contribution < -0.4 is 0 Å². The van der Waals surface area contributed by atoms with Crippen molar-refractivity contribution in [3.05, 3.63) is 77.4 Å². The molecule has 3 unspecified atom stereocenters. The third-order valence-corrected chi connectivity index (χ3v) is 6.06. The second kappa shape index (κ2) is 17.6. The van der Waals surface area contributed by atoms with Crippen LogP contribution in [-0.2, 0) is 25.5 Å². The molecule has 0 aromatic heterocycles. The van der Waals surface area contributed by atoms with Gasteiger partial charge in [0, 0.05) is 38.6 Å². The van der Waals surface area contributed by atoms with Gasteiger partial charge in [0.1, 0.15) is 18.0 Å². The van der Waals surface area contributed by atoms with Gasteiger partial charge in [-0.05, 0) is 61.8 Å². The average molecular weight is 517 g/mol. The Morgan fingerprint density at radius 2 is 1.69 bits per heavy atom. The third-order valence-electron chi connectivity index (χ3n) is 5.75. The number of rotatable bonds is 16. The van der Waals surface area contributed by atoms with Crippen molar-refractivity contribution in [3.8, 4) is 5.75 Å². The van der Waals surface area contributed by atoms with Gasteiger partial charge < -0.3 is 14.6 Å². The number of phenols is 1. The first-order valence-electron chi connectivity index (χ1n) is 12.5. The molecule has 0 heterocycles. The maximum atomic E-state index is 11.5. The topological polar surface area (TPSA) is 72.8 Å². The zero-order valence-corrected chi connectivity index (χ0v) is 22.8. The molecule has 0 saturated heterocycles. The Labute approximate surface area is 221 Å². The smallest absolute Gasteiger partial charge is 0.303 e. The lowest BCUT2D eigenvalue weighted by atomic mass is 9.95. The zero-order valence-electron chi connectivity index (χ0n) is 22.0. The van der Waals surface area contributed by atoms with Gasteiger partial charge in [-0.2, -0.15) is 0 Å². The molecule has 3 atom stereocenters. The summed E-state index contributed by atoms with van der Waals surface area (Å²) >= 11 is 6.08. The summed E-state index contributed by atoms with van der Waals surface area (Å²) in [5.74, 6) is -0.0616. The van der Waals surface area contributed by atoms with Gasteiger partial charge in [0.25, 0.3) is 0 Å². The highest BCUT2D eigenvalue weighted by Gasteiger charge is 2.14. The number of ether oxygens (including phenoxy) is 2. The number of phenolic OH excluding ortho intramolecular Hbond substituents is 1. The van der Waals surface area contributed by atoms with Gasteiger partial charge in [-0.1, -0.05) is 60.5 Å². The fraction of sp³-hybridized carbons (Fsp3) is 0.467. The van der Waals surface area contributed by atoms with Crippen LogP contribution in [-0.4, -0.2) is 29.3 Å². The van der Waals surface area contributed by atoms with Crippen molar-refractivity contribution in [2.45, 2.75) is 84.8 Å². The molecule has 0 fully saturated rings. The Bertz CT molecular complexity index is 914. The summed E-state index contributed by atoms with van der Waals surface area (Å²) in [6.45, 7) is 10.7. The van der Waals surface area contributed by atoms with E-state index in [-0.39, 0.29) is 29.9 Å². The zero-order chi connectivity index (χ0) is 26.9. The van der Waals surface area contributed by atoms with Crippen molar-refractivity contribution in [2.75, 3.05) is 0 Å². The lowest BCUT2D eigenvalue weighted by Crippen LogP contribution is -2.18. The number of carbonyl (C=O) groups is 2. The van der Waals surface area contributed by atoms with Gasteiger partial charge in [-0.25, -0.2) is 0 Å². The Kier molecular flexibility index (Phi) is 15.3. The van der Waals surface area contributed by atoms with Gasteiger partial charge in [0.2, 0.25) is 0 Å². The van der Waals surface area contributed by atoms with E-state index in [0.29, 0.717) is 25.2 Å². The molecule has 36 heavy (non-hydrogen) atoms. The average Bonchev–Trinajstić information content (AvgIpc) is 2.81. The van der Waals surface area contributed by atoms with E-state index in [1.54, 1.807) is 23.7 Å². The van der Waals surface area contributed by atoms with E-state index >= 15 is 0 Å². The normalized spacial score (nSPS) is 14.8. The fourth-order valence-electron chi connectivity index (χ4n) is 3.90. The van der Waals surface area contributed by atoms with Crippen molar-refractivity contribution >= 4 is 23.5 Å².